The largest absolute Gasteiger partial charge is 0.354 e. The van der Waals surface area contributed by atoms with Crippen molar-refractivity contribution in [3.8, 4) is 0 Å². The Morgan fingerprint density at radius 1 is 0.895 bits per heavy atom. The van der Waals surface area contributed by atoms with Gasteiger partial charge in [0, 0.05) is 13.1 Å². The third kappa shape index (κ3) is 7.28. The van der Waals surface area contributed by atoms with Crippen LogP contribution in [0.1, 0.15) is 32.3 Å². The fourth-order valence-corrected chi connectivity index (χ4v) is 5.72. The van der Waals surface area contributed by atoms with Gasteiger partial charge in [0.2, 0.25) is 11.8 Å². The SMILES string of the molecule is CCCNC(=O)C(CC)N(Cc1ccc(Cl)c(Cl)c1)C(=O)CN(c1ccccc1)S(=O)(=O)c1ccccc1. The highest BCUT2D eigenvalue weighted by molar-refractivity contribution is 7.92. The van der Waals surface area contributed by atoms with Crippen LogP contribution in [0.25, 0.3) is 0 Å². The van der Waals surface area contributed by atoms with E-state index in [0.717, 1.165) is 10.7 Å². The Kier molecular flexibility index (Phi) is 10.6. The van der Waals surface area contributed by atoms with E-state index in [1.807, 2.05) is 6.92 Å². The number of para-hydroxylation sites is 1. The van der Waals surface area contributed by atoms with Crippen molar-refractivity contribution >= 4 is 50.7 Å². The first-order valence-electron chi connectivity index (χ1n) is 12.3. The van der Waals surface area contributed by atoms with Crippen LogP contribution in [0.15, 0.2) is 83.8 Å². The molecule has 0 aromatic heterocycles. The van der Waals surface area contributed by atoms with Crippen LogP contribution in [0, 0.1) is 0 Å². The van der Waals surface area contributed by atoms with Gasteiger partial charge in [0.1, 0.15) is 12.6 Å². The van der Waals surface area contributed by atoms with Gasteiger partial charge in [-0.2, -0.15) is 0 Å². The molecule has 0 saturated heterocycles. The molecular weight excluding hydrogens is 545 g/mol. The summed E-state index contributed by atoms with van der Waals surface area (Å²) >= 11 is 12.3. The molecule has 0 aliphatic carbocycles. The molecule has 3 rings (SSSR count). The molecule has 0 aliphatic rings. The van der Waals surface area contributed by atoms with Gasteiger partial charge >= 0.3 is 0 Å². The molecule has 38 heavy (non-hydrogen) atoms. The summed E-state index contributed by atoms with van der Waals surface area (Å²) in [5, 5.41) is 3.54. The number of rotatable bonds is 12. The molecule has 0 spiro atoms. The molecule has 3 aromatic rings. The van der Waals surface area contributed by atoms with E-state index in [2.05, 4.69) is 5.32 Å². The van der Waals surface area contributed by atoms with Gasteiger partial charge in [0.05, 0.1) is 20.6 Å². The van der Waals surface area contributed by atoms with Crippen LogP contribution in [0.2, 0.25) is 10.0 Å². The van der Waals surface area contributed by atoms with Crippen molar-refractivity contribution < 1.29 is 18.0 Å². The average molecular weight is 577 g/mol. The minimum Gasteiger partial charge on any atom is -0.354 e. The van der Waals surface area contributed by atoms with E-state index in [1.54, 1.807) is 73.7 Å². The number of carbonyl (C=O) groups excluding carboxylic acids is 2. The van der Waals surface area contributed by atoms with Crippen molar-refractivity contribution in [1.82, 2.24) is 10.2 Å². The van der Waals surface area contributed by atoms with Crippen molar-refractivity contribution in [1.29, 1.82) is 0 Å². The van der Waals surface area contributed by atoms with E-state index in [-0.39, 0.29) is 17.3 Å². The molecule has 0 heterocycles. The lowest BCUT2D eigenvalue weighted by atomic mass is 10.1. The molecule has 7 nitrogen and oxygen atoms in total. The van der Waals surface area contributed by atoms with Crippen molar-refractivity contribution in [2.45, 2.75) is 44.2 Å². The van der Waals surface area contributed by atoms with Crippen LogP contribution in [-0.4, -0.2) is 44.3 Å². The molecule has 3 aromatic carbocycles. The molecular formula is C28H31Cl2N3O4S. The second-order valence-corrected chi connectivity index (χ2v) is 11.3. The maximum atomic E-state index is 13.9. The minimum absolute atomic E-state index is 0.0434. The lowest BCUT2D eigenvalue weighted by Gasteiger charge is -2.33. The van der Waals surface area contributed by atoms with Crippen LogP contribution >= 0.6 is 23.2 Å². The van der Waals surface area contributed by atoms with Gasteiger partial charge in [-0.1, -0.05) is 79.5 Å². The first kappa shape index (κ1) is 29.5. The Balaban J connectivity index is 2.03. The molecule has 0 bridgehead atoms. The number of nitrogens with zero attached hydrogens (tertiary/aromatic N) is 2. The zero-order valence-electron chi connectivity index (χ0n) is 21.3. The quantitative estimate of drug-likeness (QED) is 0.308. The van der Waals surface area contributed by atoms with Crippen molar-refractivity contribution in [3.05, 3.63) is 94.5 Å². The zero-order chi connectivity index (χ0) is 27.7. The smallest absolute Gasteiger partial charge is 0.264 e. The van der Waals surface area contributed by atoms with Crippen molar-refractivity contribution in [3.63, 3.8) is 0 Å². The third-order valence-corrected chi connectivity index (χ3v) is 8.45. The fourth-order valence-electron chi connectivity index (χ4n) is 3.96. The lowest BCUT2D eigenvalue weighted by Crippen LogP contribution is -2.52. The van der Waals surface area contributed by atoms with Crippen molar-refractivity contribution in [2.75, 3.05) is 17.4 Å². The normalized spacial score (nSPS) is 12.0. The number of hydrogen-bond acceptors (Lipinski definition) is 4. The molecule has 1 unspecified atom stereocenters. The van der Waals surface area contributed by atoms with E-state index >= 15 is 0 Å². The van der Waals surface area contributed by atoms with Crippen LogP contribution in [0.3, 0.4) is 0 Å². The molecule has 0 radical (unpaired) electrons. The van der Waals surface area contributed by atoms with Gasteiger partial charge < -0.3 is 10.2 Å². The van der Waals surface area contributed by atoms with E-state index in [1.165, 1.54) is 17.0 Å². The highest BCUT2D eigenvalue weighted by Crippen LogP contribution is 2.26. The Morgan fingerprint density at radius 2 is 1.53 bits per heavy atom. The van der Waals surface area contributed by atoms with Gasteiger partial charge in [0.25, 0.3) is 10.0 Å². The van der Waals surface area contributed by atoms with E-state index in [9.17, 15) is 18.0 Å². The van der Waals surface area contributed by atoms with E-state index in [0.29, 0.717) is 34.3 Å². The minimum atomic E-state index is -4.09. The zero-order valence-corrected chi connectivity index (χ0v) is 23.6. The summed E-state index contributed by atoms with van der Waals surface area (Å²) in [6.45, 7) is 3.75. The van der Waals surface area contributed by atoms with Gasteiger partial charge in [-0.3, -0.25) is 13.9 Å². The van der Waals surface area contributed by atoms with Gasteiger partial charge in [-0.15, -0.1) is 0 Å². The van der Waals surface area contributed by atoms with E-state index < -0.39 is 28.5 Å². The Hall–Kier alpha value is -3.07. The number of amides is 2. The summed E-state index contributed by atoms with van der Waals surface area (Å²) in [5.41, 5.74) is 0.995. The predicted octanol–water partition coefficient (Wildman–Crippen LogP) is 5.52. The standard InChI is InChI=1S/C28H31Cl2N3O4S/c1-3-17-31-28(35)26(4-2)32(19-21-15-16-24(29)25(30)18-21)27(34)20-33(22-11-7-5-8-12-22)38(36,37)23-13-9-6-10-14-23/h5-16,18,26H,3-4,17,19-20H2,1-2H3,(H,31,35). The van der Waals surface area contributed by atoms with Gasteiger partial charge in [-0.05, 0) is 54.8 Å². The molecule has 2 amide bonds. The predicted molar refractivity (Wildman–Crippen MR) is 152 cm³/mol. The average Bonchev–Trinajstić information content (AvgIpc) is 2.93. The van der Waals surface area contributed by atoms with Crippen LogP contribution in [-0.2, 0) is 26.2 Å². The molecule has 202 valence electrons. The molecule has 10 heteroatoms. The first-order chi connectivity index (χ1) is 18.2. The Labute approximate surface area is 234 Å². The second kappa shape index (κ2) is 13.6. The van der Waals surface area contributed by atoms with Gasteiger partial charge in [0.15, 0.2) is 0 Å². The summed E-state index contributed by atoms with van der Waals surface area (Å²) in [6, 6.07) is 20.5. The number of carbonyl (C=O) groups is 2. The second-order valence-electron chi connectivity index (χ2n) is 8.65. The molecule has 1 atom stereocenters. The molecule has 0 aliphatic heterocycles. The summed E-state index contributed by atoms with van der Waals surface area (Å²) in [5.74, 6) is -0.835. The number of nitrogens with one attached hydrogen (secondary N) is 1. The van der Waals surface area contributed by atoms with Crippen LogP contribution in [0.4, 0.5) is 5.69 Å². The third-order valence-electron chi connectivity index (χ3n) is 5.93. The number of benzene rings is 3. The maximum absolute atomic E-state index is 13.9. The fraction of sp³-hybridized carbons (Fsp3) is 0.286. The molecule has 1 N–H and O–H groups in total. The number of halogens is 2. The van der Waals surface area contributed by atoms with Gasteiger partial charge in [-0.25, -0.2) is 8.42 Å². The highest BCUT2D eigenvalue weighted by Gasteiger charge is 2.33. The molecule has 0 fully saturated rings. The van der Waals surface area contributed by atoms with Crippen LogP contribution in [0.5, 0.6) is 0 Å². The lowest BCUT2D eigenvalue weighted by molar-refractivity contribution is -0.140. The highest BCUT2D eigenvalue weighted by atomic mass is 35.5. The number of sulfonamides is 1. The van der Waals surface area contributed by atoms with Crippen LogP contribution < -0.4 is 9.62 Å². The summed E-state index contributed by atoms with van der Waals surface area (Å²) < 4.78 is 28.5. The Bertz CT molecular complexity index is 1340. The topological polar surface area (TPSA) is 86.8 Å². The molecule has 0 saturated carbocycles. The summed E-state index contributed by atoms with van der Waals surface area (Å²) in [6.07, 6.45) is 1.07. The maximum Gasteiger partial charge on any atom is 0.264 e. The van der Waals surface area contributed by atoms with E-state index in [4.69, 9.17) is 23.2 Å². The summed E-state index contributed by atoms with van der Waals surface area (Å²) in [4.78, 5) is 28.5. The number of anilines is 1. The number of hydrogen-bond donors (Lipinski definition) is 1. The van der Waals surface area contributed by atoms with Crippen molar-refractivity contribution in [2.24, 2.45) is 0 Å². The summed E-state index contributed by atoms with van der Waals surface area (Å²) in [7, 11) is -4.09. The monoisotopic (exact) mass is 575 g/mol. The first-order valence-corrected chi connectivity index (χ1v) is 14.5. The Morgan fingerprint density at radius 3 is 2.11 bits per heavy atom.